The molecule has 0 aliphatic carbocycles. The molecule has 8 heteroatoms. The zero-order chi connectivity index (χ0) is 21.3. The van der Waals surface area contributed by atoms with E-state index in [0.717, 1.165) is 10.9 Å². The van der Waals surface area contributed by atoms with Crippen LogP contribution in [0.25, 0.3) is 28.0 Å². The number of carbonyl (C=O) groups excluding carboxylic acids is 1. The highest BCUT2D eigenvalue weighted by Crippen LogP contribution is 2.29. The molecule has 2 N–H and O–H groups in total. The van der Waals surface area contributed by atoms with Crippen molar-refractivity contribution in [2.75, 3.05) is 27.1 Å². The van der Waals surface area contributed by atoms with E-state index in [4.69, 9.17) is 19.9 Å². The third kappa shape index (κ3) is 3.39. The lowest BCUT2D eigenvalue weighted by atomic mass is 10.1. The van der Waals surface area contributed by atoms with Gasteiger partial charge in [-0.1, -0.05) is 6.07 Å². The van der Waals surface area contributed by atoms with Crippen LogP contribution in [0.4, 0.5) is 5.82 Å². The summed E-state index contributed by atoms with van der Waals surface area (Å²) in [6.45, 7) is 0. The Balaban J connectivity index is 1.72. The van der Waals surface area contributed by atoms with Gasteiger partial charge in [0.05, 0.1) is 32.2 Å². The number of aromatic nitrogens is 3. The third-order valence-electron chi connectivity index (χ3n) is 4.72. The van der Waals surface area contributed by atoms with E-state index in [9.17, 15) is 4.79 Å². The minimum atomic E-state index is -0.374. The van der Waals surface area contributed by atoms with E-state index in [2.05, 4.69) is 10.1 Å². The number of pyridine rings is 1. The van der Waals surface area contributed by atoms with Gasteiger partial charge in [0.25, 0.3) is 5.91 Å². The van der Waals surface area contributed by atoms with Gasteiger partial charge in [0.15, 0.2) is 23.0 Å². The van der Waals surface area contributed by atoms with Crippen LogP contribution in [-0.4, -0.2) is 42.0 Å². The number of benzene rings is 2. The molecule has 0 radical (unpaired) electrons. The number of fused-ring (bicyclic) bond motifs is 2. The lowest BCUT2D eigenvalue weighted by Crippen LogP contribution is -2.10. The van der Waals surface area contributed by atoms with Gasteiger partial charge in [-0.2, -0.15) is 4.68 Å². The second-order valence-electron chi connectivity index (χ2n) is 6.50. The predicted octanol–water partition coefficient (Wildman–Crippen LogP) is 3.55. The van der Waals surface area contributed by atoms with Gasteiger partial charge in [0.2, 0.25) is 0 Å². The Hall–Kier alpha value is -4.07. The molecule has 4 aromatic rings. The Labute approximate surface area is 172 Å². The molecular formula is C22H20N4O4. The molecule has 2 heterocycles. The average molecular weight is 404 g/mol. The van der Waals surface area contributed by atoms with Gasteiger partial charge in [-0.3, -0.25) is 4.79 Å². The summed E-state index contributed by atoms with van der Waals surface area (Å²) in [5.74, 6) is 1.72. The molecule has 0 aliphatic rings. The van der Waals surface area contributed by atoms with E-state index in [-0.39, 0.29) is 11.7 Å². The summed E-state index contributed by atoms with van der Waals surface area (Å²) in [7, 11) is 4.71. The highest BCUT2D eigenvalue weighted by atomic mass is 16.5. The highest BCUT2D eigenvalue weighted by Gasteiger charge is 2.15. The number of allylic oxidation sites excluding steroid dienone is 1. The fraction of sp³-hybridized carbons (Fsp3) is 0.136. The van der Waals surface area contributed by atoms with Gasteiger partial charge >= 0.3 is 0 Å². The number of hydrogen-bond donors (Lipinski definition) is 1. The first-order valence-corrected chi connectivity index (χ1v) is 9.11. The molecule has 0 aliphatic heterocycles. The minimum absolute atomic E-state index is 0.239. The molecule has 0 atom stereocenters. The summed E-state index contributed by atoms with van der Waals surface area (Å²) in [6.07, 6.45) is 3.07. The smallest absolute Gasteiger partial charge is 0.272 e. The topological polar surface area (TPSA) is 101 Å². The van der Waals surface area contributed by atoms with Gasteiger partial charge in [-0.05, 0) is 42.0 Å². The predicted molar refractivity (Wildman–Crippen MR) is 115 cm³/mol. The van der Waals surface area contributed by atoms with Crippen molar-refractivity contribution in [2.45, 2.75) is 0 Å². The van der Waals surface area contributed by atoms with Crippen molar-refractivity contribution in [3.05, 3.63) is 54.1 Å². The van der Waals surface area contributed by atoms with Gasteiger partial charge in [0.1, 0.15) is 5.75 Å². The van der Waals surface area contributed by atoms with Crippen LogP contribution in [0, 0.1) is 0 Å². The monoisotopic (exact) mass is 404 g/mol. The van der Waals surface area contributed by atoms with Crippen molar-refractivity contribution in [1.82, 2.24) is 14.8 Å². The van der Waals surface area contributed by atoms with Crippen molar-refractivity contribution >= 4 is 39.7 Å². The Morgan fingerprint density at radius 1 is 1.00 bits per heavy atom. The van der Waals surface area contributed by atoms with Crippen LogP contribution >= 0.6 is 0 Å². The number of rotatable bonds is 5. The molecule has 0 unspecified atom stereocenters. The number of methoxy groups -OCH3 is 3. The van der Waals surface area contributed by atoms with Crippen LogP contribution in [0.5, 0.6) is 17.2 Å². The first kappa shape index (κ1) is 19.3. The summed E-state index contributed by atoms with van der Waals surface area (Å²) in [6, 6.07) is 12.7. The average Bonchev–Trinajstić information content (AvgIpc) is 3.10. The summed E-state index contributed by atoms with van der Waals surface area (Å²) in [5, 5.41) is 5.67. The van der Waals surface area contributed by atoms with E-state index in [1.165, 1.54) is 10.8 Å². The summed E-state index contributed by atoms with van der Waals surface area (Å²) < 4.78 is 17.0. The third-order valence-corrected chi connectivity index (χ3v) is 4.72. The minimum Gasteiger partial charge on any atom is -0.497 e. The molecule has 152 valence electrons. The molecule has 2 aromatic carbocycles. The Morgan fingerprint density at radius 3 is 2.53 bits per heavy atom. The maximum atomic E-state index is 12.8. The molecule has 0 spiro atoms. The maximum absolute atomic E-state index is 12.8. The van der Waals surface area contributed by atoms with Crippen molar-refractivity contribution < 1.29 is 19.0 Å². The van der Waals surface area contributed by atoms with Crippen molar-refractivity contribution in [2.24, 2.45) is 0 Å². The second-order valence-corrected chi connectivity index (χ2v) is 6.50. The van der Waals surface area contributed by atoms with Crippen molar-refractivity contribution in [3.8, 4) is 17.2 Å². The Bertz CT molecular complexity index is 1290. The van der Waals surface area contributed by atoms with Gasteiger partial charge < -0.3 is 19.9 Å². The molecular weight excluding hydrogens is 384 g/mol. The number of nitrogens with two attached hydrogens (primary N) is 1. The zero-order valence-electron chi connectivity index (χ0n) is 16.7. The highest BCUT2D eigenvalue weighted by molar-refractivity contribution is 6.04. The SMILES string of the molecule is COc1ccc2cc3c(N)nn(C(=O)/C=C/c4ccc(OC)c(OC)c4)c3nc2c1. The molecule has 8 nitrogen and oxygen atoms in total. The summed E-state index contributed by atoms with van der Waals surface area (Å²) in [5.41, 5.74) is 7.87. The quantitative estimate of drug-likeness (QED) is 0.508. The zero-order valence-corrected chi connectivity index (χ0v) is 16.7. The van der Waals surface area contributed by atoms with E-state index >= 15 is 0 Å². The van der Waals surface area contributed by atoms with Crippen LogP contribution in [0.15, 0.2) is 48.5 Å². The summed E-state index contributed by atoms with van der Waals surface area (Å²) >= 11 is 0. The van der Waals surface area contributed by atoms with Gasteiger partial charge in [0, 0.05) is 17.5 Å². The number of ether oxygens (including phenoxy) is 3. The molecule has 0 bridgehead atoms. The first-order valence-electron chi connectivity index (χ1n) is 9.11. The van der Waals surface area contributed by atoms with Gasteiger partial charge in [-0.25, -0.2) is 4.98 Å². The van der Waals surface area contributed by atoms with Crippen LogP contribution in [0.1, 0.15) is 10.4 Å². The standard InChI is InChI=1S/C22H20N4O4/c1-28-15-7-6-14-11-16-21(23)25-26(22(16)24-17(14)12-15)20(27)9-5-13-4-8-18(29-2)19(10-13)30-3/h4-12H,1-3H3,(H2,23,25)/b9-5+. The van der Waals surface area contributed by atoms with Crippen molar-refractivity contribution in [1.29, 1.82) is 0 Å². The number of nitrogen functional groups attached to an aromatic ring is 1. The number of carbonyl (C=O) groups is 1. The van der Waals surface area contributed by atoms with E-state index < -0.39 is 0 Å². The fourth-order valence-corrected chi connectivity index (χ4v) is 3.17. The molecule has 0 saturated carbocycles. The van der Waals surface area contributed by atoms with Crippen LogP contribution < -0.4 is 19.9 Å². The molecule has 0 fully saturated rings. The fourth-order valence-electron chi connectivity index (χ4n) is 3.17. The Morgan fingerprint density at radius 2 is 1.80 bits per heavy atom. The molecule has 0 saturated heterocycles. The van der Waals surface area contributed by atoms with Crippen LogP contribution in [0.3, 0.4) is 0 Å². The lowest BCUT2D eigenvalue weighted by Gasteiger charge is -2.07. The molecule has 2 aromatic heterocycles. The normalized spacial score (nSPS) is 11.3. The molecule has 4 rings (SSSR count). The van der Waals surface area contributed by atoms with E-state index in [1.807, 2.05) is 24.3 Å². The van der Waals surface area contributed by atoms with Gasteiger partial charge in [-0.15, -0.1) is 5.10 Å². The number of nitrogens with zero attached hydrogens (tertiary/aromatic N) is 3. The second kappa shape index (κ2) is 7.75. The largest absolute Gasteiger partial charge is 0.497 e. The summed E-state index contributed by atoms with van der Waals surface area (Å²) in [4.78, 5) is 17.4. The van der Waals surface area contributed by atoms with Crippen molar-refractivity contribution in [3.63, 3.8) is 0 Å². The van der Waals surface area contributed by atoms with E-state index in [0.29, 0.717) is 33.8 Å². The number of anilines is 1. The van der Waals surface area contributed by atoms with Crippen LogP contribution in [-0.2, 0) is 0 Å². The molecule has 0 amide bonds. The lowest BCUT2D eigenvalue weighted by molar-refractivity contribution is 0.0960. The van der Waals surface area contributed by atoms with E-state index in [1.54, 1.807) is 45.6 Å². The Kier molecular flexibility index (Phi) is 4.97. The van der Waals surface area contributed by atoms with Crippen LogP contribution in [0.2, 0.25) is 0 Å². The number of hydrogen-bond acceptors (Lipinski definition) is 7. The first-order chi connectivity index (χ1) is 14.5. The maximum Gasteiger partial charge on any atom is 0.272 e. The molecule has 30 heavy (non-hydrogen) atoms.